The predicted octanol–water partition coefficient (Wildman–Crippen LogP) is 1.09. The van der Waals surface area contributed by atoms with Crippen molar-refractivity contribution < 1.29 is 5.11 Å². The summed E-state index contributed by atoms with van der Waals surface area (Å²) in [5, 5.41) is 8.32. The number of rotatable bonds is 0. The van der Waals surface area contributed by atoms with Gasteiger partial charge in [0.1, 0.15) is 6.61 Å². The van der Waals surface area contributed by atoms with Crippen molar-refractivity contribution >= 4 is 0 Å². The maximum atomic E-state index is 8.32. The van der Waals surface area contributed by atoms with Gasteiger partial charge in [0.15, 0.2) is 0 Å². The van der Waals surface area contributed by atoms with Crippen LogP contribution in [0.15, 0.2) is 11.1 Å². The van der Waals surface area contributed by atoms with Gasteiger partial charge in [-0.1, -0.05) is 17.4 Å². The van der Waals surface area contributed by atoms with Gasteiger partial charge in [0.25, 0.3) is 0 Å². The summed E-state index contributed by atoms with van der Waals surface area (Å²) in [6.07, 6.45) is 2.30. The zero-order chi connectivity index (χ0) is 6.69. The average molecular weight is 122 g/mol. The molecule has 0 aliphatic heterocycles. The van der Waals surface area contributed by atoms with Crippen LogP contribution < -0.4 is 0 Å². The normalized spacial score (nSPS) is 16.2. The summed E-state index contributed by atoms with van der Waals surface area (Å²) in [6, 6.07) is 0. The van der Waals surface area contributed by atoms with Crippen LogP contribution in [-0.4, -0.2) is 11.7 Å². The zero-order valence-electron chi connectivity index (χ0n) is 5.57. The molecule has 0 fully saturated rings. The summed E-state index contributed by atoms with van der Waals surface area (Å²) in [7, 11) is 0. The third kappa shape index (κ3) is 1.34. The first-order chi connectivity index (χ1) is 4.34. The Morgan fingerprint density at radius 3 is 2.67 bits per heavy atom. The Balaban J connectivity index is 2.55. The van der Waals surface area contributed by atoms with E-state index in [2.05, 4.69) is 18.8 Å². The van der Waals surface area contributed by atoms with E-state index in [4.69, 9.17) is 5.11 Å². The lowest BCUT2D eigenvalue weighted by molar-refractivity contribution is 0.350. The van der Waals surface area contributed by atoms with E-state index in [0.29, 0.717) is 0 Å². The second kappa shape index (κ2) is 2.70. The number of allylic oxidation sites excluding steroid dienone is 2. The van der Waals surface area contributed by atoms with E-state index in [1.807, 2.05) is 0 Å². The molecular formula is C8H10O. The second-order valence-corrected chi connectivity index (χ2v) is 2.22. The Morgan fingerprint density at radius 2 is 2.33 bits per heavy atom. The molecule has 0 aromatic heterocycles. The van der Waals surface area contributed by atoms with Gasteiger partial charge in [0, 0.05) is 5.57 Å². The van der Waals surface area contributed by atoms with Gasteiger partial charge in [-0.15, -0.1) is 0 Å². The molecule has 48 valence electrons. The fourth-order valence-corrected chi connectivity index (χ4v) is 0.815. The van der Waals surface area contributed by atoms with E-state index >= 15 is 0 Å². The monoisotopic (exact) mass is 122 g/mol. The maximum Gasteiger partial charge on any atom is 0.104 e. The van der Waals surface area contributed by atoms with Crippen LogP contribution >= 0.6 is 0 Å². The SMILES string of the molecule is CC1=C(C#CCO)CC1. The molecule has 0 heterocycles. The smallest absolute Gasteiger partial charge is 0.104 e. The molecule has 1 heteroatoms. The minimum Gasteiger partial charge on any atom is -0.384 e. The van der Waals surface area contributed by atoms with Crippen LogP contribution in [0.1, 0.15) is 19.8 Å². The molecule has 1 N–H and O–H groups in total. The Bertz CT molecular complexity index is 190. The van der Waals surface area contributed by atoms with Gasteiger partial charge in [-0.25, -0.2) is 0 Å². The molecule has 0 saturated carbocycles. The summed E-state index contributed by atoms with van der Waals surface area (Å²) >= 11 is 0. The quantitative estimate of drug-likeness (QED) is 0.477. The molecule has 0 unspecified atom stereocenters. The minimum absolute atomic E-state index is 0.0171. The number of hydrogen-bond acceptors (Lipinski definition) is 1. The lowest BCUT2D eigenvalue weighted by Gasteiger charge is -2.14. The van der Waals surface area contributed by atoms with Crippen molar-refractivity contribution in [2.75, 3.05) is 6.61 Å². The van der Waals surface area contributed by atoms with Crippen LogP contribution in [-0.2, 0) is 0 Å². The zero-order valence-corrected chi connectivity index (χ0v) is 5.57. The molecule has 0 aromatic carbocycles. The van der Waals surface area contributed by atoms with E-state index in [-0.39, 0.29) is 6.61 Å². The summed E-state index contributed by atoms with van der Waals surface area (Å²) in [5.41, 5.74) is 2.61. The van der Waals surface area contributed by atoms with E-state index in [1.54, 1.807) is 0 Å². The van der Waals surface area contributed by atoms with Crippen LogP contribution in [0.4, 0.5) is 0 Å². The van der Waals surface area contributed by atoms with Crippen molar-refractivity contribution in [3.05, 3.63) is 11.1 Å². The van der Waals surface area contributed by atoms with Crippen molar-refractivity contribution in [2.24, 2.45) is 0 Å². The predicted molar refractivity (Wildman–Crippen MR) is 36.8 cm³/mol. The van der Waals surface area contributed by atoms with Gasteiger partial charge in [-0.3, -0.25) is 0 Å². The van der Waals surface area contributed by atoms with Crippen molar-refractivity contribution in [1.29, 1.82) is 0 Å². The molecule has 0 aromatic rings. The van der Waals surface area contributed by atoms with Crippen molar-refractivity contribution in [1.82, 2.24) is 0 Å². The molecule has 0 bridgehead atoms. The van der Waals surface area contributed by atoms with Gasteiger partial charge in [-0.05, 0) is 19.8 Å². The molecule has 0 atom stereocenters. The first-order valence-corrected chi connectivity index (χ1v) is 3.13. The highest BCUT2D eigenvalue weighted by Gasteiger charge is 2.08. The Labute approximate surface area is 55.4 Å². The summed E-state index contributed by atoms with van der Waals surface area (Å²) < 4.78 is 0. The van der Waals surface area contributed by atoms with Crippen LogP contribution in [0.5, 0.6) is 0 Å². The highest BCUT2D eigenvalue weighted by Crippen LogP contribution is 2.25. The van der Waals surface area contributed by atoms with Crippen LogP contribution in [0.2, 0.25) is 0 Å². The van der Waals surface area contributed by atoms with E-state index in [0.717, 1.165) is 6.42 Å². The fraction of sp³-hybridized carbons (Fsp3) is 0.500. The molecule has 1 aliphatic rings. The topological polar surface area (TPSA) is 20.2 Å². The molecule has 0 spiro atoms. The molecule has 1 nitrogen and oxygen atoms in total. The standard InChI is InChI=1S/C8H10O/c1-7-4-5-8(7)3-2-6-9/h9H,4-6H2,1H3. The fourth-order valence-electron chi connectivity index (χ4n) is 0.815. The summed E-state index contributed by atoms with van der Waals surface area (Å²) in [4.78, 5) is 0. The number of hydrogen-bond donors (Lipinski definition) is 1. The van der Waals surface area contributed by atoms with E-state index < -0.39 is 0 Å². The molecule has 0 radical (unpaired) electrons. The highest BCUT2D eigenvalue weighted by molar-refractivity contribution is 5.39. The summed E-state index contributed by atoms with van der Waals surface area (Å²) in [5.74, 6) is 5.53. The van der Waals surface area contributed by atoms with Gasteiger partial charge in [0.2, 0.25) is 0 Å². The lowest BCUT2D eigenvalue weighted by atomic mass is 9.90. The van der Waals surface area contributed by atoms with Crippen molar-refractivity contribution in [3.63, 3.8) is 0 Å². The highest BCUT2D eigenvalue weighted by atomic mass is 16.2. The average Bonchev–Trinajstić information content (AvgIpc) is 1.86. The van der Waals surface area contributed by atoms with Crippen molar-refractivity contribution in [3.8, 4) is 11.8 Å². The minimum atomic E-state index is -0.0171. The second-order valence-electron chi connectivity index (χ2n) is 2.22. The molecular weight excluding hydrogens is 112 g/mol. The molecule has 1 aliphatic carbocycles. The Morgan fingerprint density at radius 1 is 1.56 bits per heavy atom. The van der Waals surface area contributed by atoms with Crippen molar-refractivity contribution in [2.45, 2.75) is 19.8 Å². The Kier molecular flexibility index (Phi) is 1.92. The number of aliphatic hydroxyl groups is 1. The van der Waals surface area contributed by atoms with E-state index in [1.165, 1.54) is 17.6 Å². The summed E-state index contributed by atoms with van der Waals surface area (Å²) in [6.45, 7) is 2.07. The third-order valence-electron chi connectivity index (χ3n) is 1.58. The van der Waals surface area contributed by atoms with Gasteiger partial charge in [-0.2, -0.15) is 0 Å². The van der Waals surface area contributed by atoms with E-state index in [9.17, 15) is 0 Å². The lowest BCUT2D eigenvalue weighted by Crippen LogP contribution is -1.98. The maximum absolute atomic E-state index is 8.32. The van der Waals surface area contributed by atoms with Crippen LogP contribution in [0.25, 0.3) is 0 Å². The van der Waals surface area contributed by atoms with Gasteiger partial charge in [0.05, 0.1) is 0 Å². The molecule has 1 rings (SSSR count). The van der Waals surface area contributed by atoms with Gasteiger partial charge >= 0.3 is 0 Å². The molecule has 9 heavy (non-hydrogen) atoms. The molecule has 0 saturated heterocycles. The molecule has 0 amide bonds. The number of aliphatic hydroxyl groups excluding tert-OH is 1. The van der Waals surface area contributed by atoms with Gasteiger partial charge < -0.3 is 5.11 Å². The largest absolute Gasteiger partial charge is 0.384 e. The van der Waals surface area contributed by atoms with Crippen LogP contribution in [0, 0.1) is 11.8 Å². The Hall–Kier alpha value is -0.740. The first-order valence-electron chi connectivity index (χ1n) is 3.13. The third-order valence-corrected chi connectivity index (χ3v) is 1.58. The first kappa shape index (κ1) is 6.38. The van der Waals surface area contributed by atoms with Crippen LogP contribution in [0.3, 0.4) is 0 Å².